The van der Waals surface area contributed by atoms with E-state index in [0.717, 1.165) is 11.3 Å². The van der Waals surface area contributed by atoms with E-state index in [2.05, 4.69) is 20.9 Å². The second-order valence-electron chi connectivity index (χ2n) is 7.07. The Morgan fingerprint density at radius 2 is 2.06 bits per heavy atom. The second-order valence-corrected chi connectivity index (χ2v) is 9.41. The first-order valence-electron chi connectivity index (χ1n) is 9.75. The van der Waals surface area contributed by atoms with Crippen LogP contribution in [0.4, 0.5) is 5.69 Å². The lowest BCUT2D eigenvalue weighted by Crippen LogP contribution is -2.08. The molecule has 1 aliphatic heterocycles. The van der Waals surface area contributed by atoms with Gasteiger partial charge in [0.2, 0.25) is 11.7 Å². The number of hydrogen-bond donors (Lipinski definition) is 0. The Hall–Kier alpha value is -3.80. The largest absolute Gasteiger partial charge is 0.457 e. The second kappa shape index (κ2) is 9.10. The van der Waals surface area contributed by atoms with E-state index >= 15 is 0 Å². The molecule has 3 heterocycles. The van der Waals surface area contributed by atoms with E-state index in [4.69, 9.17) is 25.5 Å². The molecule has 4 aromatic rings. The molecule has 0 N–H and O–H groups in total. The Morgan fingerprint density at radius 3 is 2.80 bits per heavy atom. The molecule has 35 heavy (non-hydrogen) atoms. The van der Waals surface area contributed by atoms with Gasteiger partial charge >= 0.3 is 11.9 Å². The monoisotopic (exact) mass is 572 g/mol. The Kier molecular flexibility index (Phi) is 5.97. The number of carbonyl (C=O) groups is 2. The van der Waals surface area contributed by atoms with Crippen LogP contribution in [0.2, 0.25) is 5.02 Å². The van der Waals surface area contributed by atoms with Gasteiger partial charge in [-0.2, -0.15) is 0 Å². The molecule has 0 radical (unpaired) electrons. The number of fused-ring (bicyclic) bond motifs is 1. The number of thiophene rings is 1. The summed E-state index contributed by atoms with van der Waals surface area (Å²) < 4.78 is 17.0. The molecule has 0 amide bonds. The van der Waals surface area contributed by atoms with Crippen molar-refractivity contribution in [3.8, 4) is 5.75 Å². The molecule has 0 saturated carbocycles. The number of ether oxygens (including phenoxy) is 2. The first-order chi connectivity index (χ1) is 16.8. The fraction of sp³-hybridized carbons (Fsp3) is 0. The number of aliphatic imine (C=N–C) groups is 1. The van der Waals surface area contributed by atoms with Crippen LogP contribution in [0.15, 0.2) is 74.4 Å². The van der Waals surface area contributed by atoms with Gasteiger partial charge in [0, 0.05) is 32.3 Å². The van der Waals surface area contributed by atoms with Crippen molar-refractivity contribution in [2.75, 3.05) is 0 Å². The summed E-state index contributed by atoms with van der Waals surface area (Å²) in [6.07, 6.45) is 2.76. The van der Waals surface area contributed by atoms with Crippen molar-refractivity contribution >= 4 is 78.6 Å². The molecule has 0 atom stereocenters. The van der Waals surface area contributed by atoms with Gasteiger partial charge in [-0.3, -0.25) is 10.1 Å². The van der Waals surface area contributed by atoms with Crippen molar-refractivity contribution in [1.82, 2.24) is 0 Å². The highest BCUT2D eigenvalue weighted by molar-refractivity contribution is 9.10. The minimum atomic E-state index is -0.734. The third-order valence-electron chi connectivity index (χ3n) is 4.83. The molecule has 1 aliphatic rings. The molecule has 0 aliphatic carbocycles. The van der Waals surface area contributed by atoms with Gasteiger partial charge in [-0.25, -0.2) is 14.6 Å². The van der Waals surface area contributed by atoms with E-state index in [1.807, 2.05) is 0 Å². The predicted octanol–water partition coefficient (Wildman–Crippen LogP) is 6.38. The summed E-state index contributed by atoms with van der Waals surface area (Å²) in [6, 6.07) is 12.2. The summed E-state index contributed by atoms with van der Waals surface area (Å²) in [5.41, 5.74) is 0.251. The Balaban J connectivity index is 1.51. The highest BCUT2D eigenvalue weighted by Crippen LogP contribution is 2.39. The van der Waals surface area contributed by atoms with Crippen LogP contribution in [-0.2, 0) is 9.53 Å². The first-order valence-corrected chi connectivity index (χ1v) is 11.7. The number of hydrogen-bond acceptors (Lipinski definition) is 9. The molecule has 0 spiro atoms. The van der Waals surface area contributed by atoms with Crippen molar-refractivity contribution in [1.29, 1.82) is 0 Å². The van der Waals surface area contributed by atoms with Crippen LogP contribution in [0.3, 0.4) is 0 Å². The molecule has 0 saturated heterocycles. The van der Waals surface area contributed by atoms with Gasteiger partial charge in [0.15, 0.2) is 5.70 Å². The van der Waals surface area contributed by atoms with Crippen LogP contribution in [0.5, 0.6) is 5.75 Å². The maximum Gasteiger partial charge on any atom is 0.379 e. The van der Waals surface area contributed by atoms with Crippen LogP contribution < -0.4 is 4.74 Å². The van der Waals surface area contributed by atoms with Crippen LogP contribution >= 0.6 is 38.9 Å². The van der Waals surface area contributed by atoms with E-state index in [9.17, 15) is 19.7 Å². The number of esters is 2. The highest BCUT2D eigenvalue weighted by atomic mass is 79.9. The van der Waals surface area contributed by atoms with Gasteiger partial charge in [-0.15, -0.1) is 11.3 Å². The Morgan fingerprint density at radius 1 is 1.23 bits per heavy atom. The lowest BCUT2D eigenvalue weighted by atomic mass is 10.1. The third-order valence-corrected chi connectivity index (χ3v) is 6.97. The number of rotatable bonds is 5. The van der Waals surface area contributed by atoms with Gasteiger partial charge in [-0.1, -0.05) is 27.5 Å². The number of non-ortho nitro benzene ring substituents is 1. The number of benzene rings is 2. The van der Waals surface area contributed by atoms with Crippen molar-refractivity contribution in [3.63, 3.8) is 0 Å². The third kappa shape index (κ3) is 4.48. The van der Waals surface area contributed by atoms with Crippen LogP contribution in [0.1, 0.15) is 21.0 Å². The Labute approximate surface area is 213 Å². The van der Waals surface area contributed by atoms with E-state index in [1.165, 1.54) is 36.6 Å². The van der Waals surface area contributed by atoms with Gasteiger partial charge in [0.05, 0.1) is 16.2 Å². The van der Waals surface area contributed by atoms with Gasteiger partial charge in [-0.05, 0) is 42.5 Å². The number of furan rings is 1. The molecule has 2 aromatic carbocycles. The number of halogens is 2. The van der Waals surface area contributed by atoms with Gasteiger partial charge in [0.25, 0.3) is 5.69 Å². The average Bonchev–Trinajstić information content (AvgIpc) is 3.55. The van der Waals surface area contributed by atoms with Crippen molar-refractivity contribution in [3.05, 3.63) is 96.3 Å². The van der Waals surface area contributed by atoms with Crippen LogP contribution in [0.25, 0.3) is 16.2 Å². The molecule has 5 rings (SSSR count). The fourth-order valence-corrected chi connectivity index (χ4v) is 5.08. The topological polar surface area (TPSA) is 121 Å². The molecule has 0 unspecified atom stereocenters. The zero-order chi connectivity index (χ0) is 24.7. The normalized spacial score (nSPS) is 14.3. The van der Waals surface area contributed by atoms with Gasteiger partial charge < -0.3 is 13.9 Å². The maximum atomic E-state index is 12.6. The van der Waals surface area contributed by atoms with E-state index in [0.29, 0.717) is 25.0 Å². The number of cyclic esters (lactones) is 1. The van der Waals surface area contributed by atoms with Crippen molar-refractivity contribution < 1.29 is 28.4 Å². The summed E-state index contributed by atoms with van der Waals surface area (Å²) in [5.74, 6) is -1.28. The minimum Gasteiger partial charge on any atom is -0.457 e. The summed E-state index contributed by atoms with van der Waals surface area (Å²) in [7, 11) is 0. The number of nitro groups is 1. The van der Waals surface area contributed by atoms with Crippen molar-refractivity contribution in [2.24, 2.45) is 4.99 Å². The summed E-state index contributed by atoms with van der Waals surface area (Å²) in [5, 5.41) is 11.9. The lowest BCUT2D eigenvalue weighted by Gasteiger charge is -2.07. The van der Waals surface area contributed by atoms with E-state index < -0.39 is 16.9 Å². The standard InChI is InChI=1S/C23H10BrClN2O7S/c24-12-3-6-16(33-23(29)17-2-1-7-32-17)11(8-12)9-15-22(28)34-21(26-15)20-19(25)14-5-4-13(27(30)31)10-18(14)35-20/h1-10H/b15-9+. The number of carbonyl (C=O) groups excluding carboxylic acids is 2. The molecule has 2 aromatic heterocycles. The van der Waals surface area contributed by atoms with E-state index in [1.54, 1.807) is 24.3 Å². The molecule has 0 fully saturated rings. The quantitative estimate of drug-likeness (QED) is 0.0892. The molecule has 0 bridgehead atoms. The first kappa shape index (κ1) is 23.0. The smallest absolute Gasteiger partial charge is 0.379 e. The maximum absolute atomic E-state index is 12.6. The zero-order valence-corrected chi connectivity index (χ0v) is 20.3. The van der Waals surface area contributed by atoms with Crippen LogP contribution in [0, 0.1) is 10.1 Å². The molecule has 174 valence electrons. The summed E-state index contributed by atoms with van der Waals surface area (Å²) in [6.45, 7) is 0. The highest BCUT2D eigenvalue weighted by Gasteiger charge is 2.29. The molecule has 12 heteroatoms. The molecule has 9 nitrogen and oxygen atoms in total. The lowest BCUT2D eigenvalue weighted by molar-refractivity contribution is -0.384. The Bertz CT molecular complexity index is 1590. The minimum absolute atomic E-state index is 0.0201. The number of nitrogens with zero attached hydrogens (tertiary/aromatic N) is 2. The predicted molar refractivity (Wildman–Crippen MR) is 132 cm³/mol. The van der Waals surface area contributed by atoms with Crippen molar-refractivity contribution in [2.45, 2.75) is 0 Å². The summed E-state index contributed by atoms with van der Waals surface area (Å²) in [4.78, 5) is 40.1. The average molecular weight is 574 g/mol. The SMILES string of the molecule is O=C1OC(c2sc3cc([N+](=O)[O-])ccc3c2Cl)=N/C1=C/c1cc(Br)ccc1OC(=O)c1ccco1. The van der Waals surface area contributed by atoms with Crippen LogP contribution in [-0.4, -0.2) is 22.8 Å². The fourth-order valence-electron chi connectivity index (χ4n) is 3.23. The number of nitro benzene ring substituents is 1. The zero-order valence-electron chi connectivity index (χ0n) is 17.2. The summed E-state index contributed by atoms with van der Waals surface area (Å²) >= 11 is 10.9. The van der Waals surface area contributed by atoms with Gasteiger partial charge in [0.1, 0.15) is 10.6 Å². The molecular weight excluding hydrogens is 564 g/mol. The molecular formula is C23H10BrClN2O7S. The van der Waals surface area contributed by atoms with E-state index in [-0.39, 0.29) is 33.8 Å².